The number of carbonyl (C=O) groups excluding carboxylic acids is 3. The van der Waals surface area contributed by atoms with E-state index in [1.807, 2.05) is 0 Å². The quantitative estimate of drug-likeness (QED) is 0.548. The third kappa shape index (κ3) is 7.82. The van der Waals surface area contributed by atoms with Gasteiger partial charge in [-0.1, -0.05) is 41.4 Å². The molecule has 0 aliphatic heterocycles. The highest BCUT2D eigenvalue weighted by atomic mass is 35.5. The van der Waals surface area contributed by atoms with Gasteiger partial charge in [-0.15, -0.1) is 0 Å². The van der Waals surface area contributed by atoms with E-state index in [2.05, 4.69) is 10.6 Å². The number of rotatable bonds is 8. The number of benzene rings is 2. The van der Waals surface area contributed by atoms with E-state index < -0.39 is 29.5 Å². The first kappa shape index (κ1) is 25.6. The number of halogens is 2. The minimum absolute atomic E-state index is 0.135. The maximum atomic E-state index is 12.5. The van der Waals surface area contributed by atoms with Gasteiger partial charge < -0.3 is 14.8 Å². The third-order valence-corrected chi connectivity index (χ3v) is 4.87. The van der Waals surface area contributed by atoms with Gasteiger partial charge in [0.25, 0.3) is 5.91 Å². The average molecular weight is 481 g/mol. The summed E-state index contributed by atoms with van der Waals surface area (Å²) in [4.78, 5) is 36.6. The Kier molecular flexibility index (Phi) is 9.07. The number of ether oxygens (including phenoxy) is 2. The summed E-state index contributed by atoms with van der Waals surface area (Å²) < 4.78 is 10.1. The maximum absolute atomic E-state index is 12.5. The number of nitrogens with one attached hydrogen (secondary N) is 2. The molecule has 9 heteroatoms. The lowest BCUT2D eigenvalue weighted by atomic mass is 10.1. The van der Waals surface area contributed by atoms with Crippen LogP contribution in [-0.2, 0) is 25.5 Å². The van der Waals surface area contributed by atoms with E-state index in [9.17, 15) is 14.4 Å². The van der Waals surface area contributed by atoms with Crippen LogP contribution in [0.5, 0.6) is 0 Å². The molecule has 0 bridgehead atoms. The Labute approximate surface area is 197 Å². The Bertz CT molecular complexity index is 951. The second-order valence-corrected chi connectivity index (χ2v) is 8.81. The van der Waals surface area contributed by atoms with Crippen molar-refractivity contribution in [2.45, 2.75) is 38.8 Å². The predicted molar refractivity (Wildman–Crippen MR) is 124 cm³/mol. The van der Waals surface area contributed by atoms with Crippen LogP contribution in [0.4, 0.5) is 5.69 Å². The van der Waals surface area contributed by atoms with E-state index in [1.165, 1.54) is 7.11 Å². The van der Waals surface area contributed by atoms with Crippen LogP contribution in [0.2, 0.25) is 10.0 Å². The van der Waals surface area contributed by atoms with Crippen molar-refractivity contribution in [3.63, 3.8) is 0 Å². The van der Waals surface area contributed by atoms with Crippen molar-refractivity contribution in [1.82, 2.24) is 5.32 Å². The molecule has 2 N–H and O–H groups in total. The molecule has 2 aromatic rings. The minimum Gasteiger partial charge on any atom is -0.468 e. The first-order valence-corrected chi connectivity index (χ1v) is 10.6. The molecular weight excluding hydrogens is 455 g/mol. The zero-order valence-corrected chi connectivity index (χ0v) is 19.8. The SMILES string of the molecule is COC(=O)[C@H](Cc1ccc(NC(=O)c2c(Cl)cccc2Cl)cc1)NCC(=O)OC(C)(C)C. The standard InChI is InChI=1S/C23H26Cl2N2O5/c1-23(2,3)32-19(28)13-26-18(22(30)31-4)12-14-8-10-15(11-9-14)27-21(29)20-16(24)6-5-7-17(20)25/h5-11,18,26H,12-13H2,1-4H3,(H,27,29)/t18-/m0/s1. The van der Waals surface area contributed by atoms with Gasteiger partial charge in [0.2, 0.25) is 0 Å². The Morgan fingerprint density at radius 1 is 1.00 bits per heavy atom. The smallest absolute Gasteiger partial charge is 0.323 e. The molecule has 0 saturated heterocycles. The molecule has 2 rings (SSSR count). The average Bonchev–Trinajstić information content (AvgIpc) is 2.70. The molecule has 0 spiro atoms. The van der Waals surface area contributed by atoms with Crippen LogP contribution in [0, 0.1) is 0 Å². The van der Waals surface area contributed by atoms with E-state index in [0.717, 1.165) is 5.56 Å². The fraction of sp³-hybridized carbons (Fsp3) is 0.348. The van der Waals surface area contributed by atoms with Crippen LogP contribution in [0.1, 0.15) is 36.7 Å². The highest BCUT2D eigenvalue weighted by Crippen LogP contribution is 2.25. The molecule has 0 radical (unpaired) electrons. The summed E-state index contributed by atoms with van der Waals surface area (Å²) in [6, 6.07) is 11.0. The van der Waals surface area contributed by atoms with E-state index >= 15 is 0 Å². The lowest BCUT2D eigenvalue weighted by Gasteiger charge is -2.21. The van der Waals surface area contributed by atoms with Crippen LogP contribution in [0.25, 0.3) is 0 Å². The number of hydrogen-bond donors (Lipinski definition) is 2. The number of anilines is 1. The highest BCUT2D eigenvalue weighted by molar-refractivity contribution is 6.40. The van der Waals surface area contributed by atoms with Crippen LogP contribution in [-0.4, -0.2) is 43.1 Å². The molecule has 0 unspecified atom stereocenters. The topological polar surface area (TPSA) is 93.7 Å². The summed E-state index contributed by atoms with van der Waals surface area (Å²) in [5.74, 6) is -1.40. The van der Waals surface area contributed by atoms with E-state index in [-0.39, 0.29) is 28.6 Å². The first-order valence-electron chi connectivity index (χ1n) is 9.87. The number of methoxy groups -OCH3 is 1. The summed E-state index contributed by atoms with van der Waals surface area (Å²) in [6.45, 7) is 5.16. The number of hydrogen-bond acceptors (Lipinski definition) is 6. The van der Waals surface area contributed by atoms with Crippen LogP contribution >= 0.6 is 23.2 Å². The Morgan fingerprint density at radius 2 is 1.59 bits per heavy atom. The summed E-state index contributed by atoms with van der Waals surface area (Å²) >= 11 is 12.1. The monoisotopic (exact) mass is 480 g/mol. The minimum atomic E-state index is -0.741. The molecule has 7 nitrogen and oxygen atoms in total. The first-order chi connectivity index (χ1) is 15.0. The zero-order valence-electron chi connectivity index (χ0n) is 18.3. The Morgan fingerprint density at radius 3 is 2.12 bits per heavy atom. The summed E-state index contributed by atoms with van der Waals surface area (Å²) in [5, 5.41) is 6.12. The van der Waals surface area contributed by atoms with Crippen molar-refractivity contribution in [2.24, 2.45) is 0 Å². The molecule has 0 fully saturated rings. The lowest BCUT2D eigenvalue weighted by Crippen LogP contribution is -2.43. The molecule has 2 aromatic carbocycles. The van der Waals surface area contributed by atoms with Crippen LogP contribution in [0.3, 0.4) is 0 Å². The number of esters is 2. The molecule has 0 aromatic heterocycles. The third-order valence-electron chi connectivity index (χ3n) is 4.24. The van der Waals surface area contributed by atoms with Gasteiger partial charge in [-0.05, 0) is 57.0 Å². The summed E-state index contributed by atoms with van der Waals surface area (Å²) in [5.41, 5.74) is 0.905. The Balaban J connectivity index is 2.02. The van der Waals surface area contributed by atoms with Crippen molar-refractivity contribution in [3.05, 3.63) is 63.6 Å². The molecule has 32 heavy (non-hydrogen) atoms. The van der Waals surface area contributed by atoms with Gasteiger partial charge in [-0.3, -0.25) is 19.7 Å². The van der Waals surface area contributed by atoms with Gasteiger partial charge in [0.15, 0.2) is 0 Å². The normalized spacial score (nSPS) is 12.1. The van der Waals surface area contributed by atoms with Crippen molar-refractivity contribution in [1.29, 1.82) is 0 Å². The fourth-order valence-corrected chi connectivity index (χ4v) is 3.40. The van der Waals surface area contributed by atoms with Gasteiger partial charge >= 0.3 is 11.9 Å². The van der Waals surface area contributed by atoms with Crippen LogP contribution < -0.4 is 10.6 Å². The molecule has 0 heterocycles. The fourth-order valence-electron chi connectivity index (χ4n) is 2.83. The molecule has 1 amide bonds. The highest BCUT2D eigenvalue weighted by Gasteiger charge is 2.23. The molecule has 1 atom stereocenters. The second kappa shape index (κ2) is 11.3. The second-order valence-electron chi connectivity index (χ2n) is 7.99. The van der Waals surface area contributed by atoms with Gasteiger partial charge in [-0.2, -0.15) is 0 Å². The zero-order chi connectivity index (χ0) is 23.9. The maximum Gasteiger partial charge on any atom is 0.323 e. The summed E-state index contributed by atoms with van der Waals surface area (Å²) in [7, 11) is 1.28. The number of amides is 1. The van der Waals surface area contributed by atoms with Gasteiger partial charge in [0.1, 0.15) is 11.6 Å². The summed E-state index contributed by atoms with van der Waals surface area (Å²) in [6.07, 6.45) is 0.278. The molecular formula is C23H26Cl2N2O5. The predicted octanol–water partition coefficient (Wildman–Crippen LogP) is 4.26. The van der Waals surface area contributed by atoms with E-state index in [0.29, 0.717) is 5.69 Å². The molecule has 0 aliphatic carbocycles. The van der Waals surface area contributed by atoms with Crippen molar-refractivity contribution < 1.29 is 23.9 Å². The largest absolute Gasteiger partial charge is 0.468 e. The van der Waals surface area contributed by atoms with E-state index in [1.54, 1.807) is 63.2 Å². The molecule has 172 valence electrons. The molecule has 0 saturated carbocycles. The number of carbonyl (C=O) groups is 3. The van der Waals surface area contributed by atoms with Crippen molar-refractivity contribution in [3.8, 4) is 0 Å². The van der Waals surface area contributed by atoms with Crippen molar-refractivity contribution in [2.75, 3.05) is 19.0 Å². The lowest BCUT2D eigenvalue weighted by molar-refractivity contribution is -0.154. The van der Waals surface area contributed by atoms with Crippen molar-refractivity contribution >= 4 is 46.7 Å². The van der Waals surface area contributed by atoms with E-state index in [4.69, 9.17) is 32.7 Å². The molecule has 0 aliphatic rings. The van der Waals surface area contributed by atoms with Gasteiger partial charge in [0, 0.05) is 5.69 Å². The van der Waals surface area contributed by atoms with Gasteiger partial charge in [0.05, 0.1) is 29.3 Å². The van der Waals surface area contributed by atoms with Crippen LogP contribution in [0.15, 0.2) is 42.5 Å². The van der Waals surface area contributed by atoms with Gasteiger partial charge in [-0.25, -0.2) is 0 Å². The Hall–Kier alpha value is -2.61.